The van der Waals surface area contributed by atoms with E-state index in [1.165, 1.54) is 12.8 Å². The molecule has 1 aliphatic rings. The van der Waals surface area contributed by atoms with E-state index in [2.05, 4.69) is 15.6 Å². The maximum Gasteiger partial charge on any atom is 0.390 e. The molecule has 2 N–H and O–H groups in total. The molecule has 160 valence electrons. The Balaban J connectivity index is 0.00000392. The second-order valence-electron chi connectivity index (χ2n) is 6.50. The molecule has 1 saturated carbocycles. The van der Waals surface area contributed by atoms with Crippen LogP contribution in [0.5, 0.6) is 11.5 Å². The minimum Gasteiger partial charge on any atom is -0.493 e. The predicted octanol–water partition coefficient (Wildman–Crippen LogP) is 4.64. The van der Waals surface area contributed by atoms with Gasteiger partial charge in [-0.3, -0.25) is 0 Å². The lowest BCUT2D eigenvalue weighted by Gasteiger charge is -2.16. The van der Waals surface area contributed by atoms with E-state index in [9.17, 15) is 13.2 Å². The Bertz CT molecular complexity index is 621. The average Bonchev–Trinajstić information content (AvgIpc) is 3.12. The fraction of sp³-hybridized carbons (Fsp3) is 0.632. The van der Waals surface area contributed by atoms with Crippen molar-refractivity contribution in [3.05, 3.63) is 23.8 Å². The summed E-state index contributed by atoms with van der Waals surface area (Å²) in [7, 11) is 1.59. The summed E-state index contributed by atoms with van der Waals surface area (Å²) in [6.07, 6.45) is -0.357. The lowest BCUT2D eigenvalue weighted by atomic mass is 10.2. The molecule has 0 unspecified atom stereocenters. The van der Waals surface area contributed by atoms with Crippen LogP contribution in [-0.4, -0.2) is 38.4 Å². The van der Waals surface area contributed by atoms with E-state index in [-0.39, 0.29) is 36.6 Å². The van der Waals surface area contributed by atoms with Crippen LogP contribution in [0.1, 0.15) is 44.6 Å². The zero-order chi connectivity index (χ0) is 19.7. The molecule has 0 heterocycles. The third-order valence-electron chi connectivity index (χ3n) is 4.29. The summed E-state index contributed by atoms with van der Waals surface area (Å²) in [6, 6.07) is 5.62. The van der Waals surface area contributed by atoms with Crippen molar-refractivity contribution in [1.29, 1.82) is 0 Å². The molecule has 1 fully saturated rings. The minimum atomic E-state index is -4.19. The fourth-order valence-electron chi connectivity index (χ4n) is 2.93. The maximum atomic E-state index is 12.3. The van der Waals surface area contributed by atoms with Crippen molar-refractivity contribution in [1.82, 2.24) is 10.6 Å². The first kappa shape index (κ1) is 24.6. The summed E-state index contributed by atoms with van der Waals surface area (Å²) in [5, 5.41) is 5.64. The molecule has 1 aliphatic carbocycles. The van der Waals surface area contributed by atoms with E-state index in [4.69, 9.17) is 9.47 Å². The van der Waals surface area contributed by atoms with Crippen molar-refractivity contribution >= 4 is 29.9 Å². The van der Waals surface area contributed by atoms with Gasteiger partial charge in [0.25, 0.3) is 0 Å². The summed E-state index contributed by atoms with van der Waals surface area (Å²) in [5.74, 6) is 1.71. The molecule has 1 aromatic carbocycles. The molecule has 28 heavy (non-hydrogen) atoms. The van der Waals surface area contributed by atoms with Crippen LogP contribution >= 0.6 is 24.0 Å². The molecule has 5 nitrogen and oxygen atoms in total. The highest BCUT2D eigenvalue weighted by atomic mass is 127. The van der Waals surface area contributed by atoms with Gasteiger partial charge in [-0.25, -0.2) is 4.99 Å². The van der Waals surface area contributed by atoms with Gasteiger partial charge in [-0.1, -0.05) is 6.07 Å². The van der Waals surface area contributed by atoms with Crippen molar-refractivity contribution in [2.45, 2.75) is 57.9 Å². The molecule has 0 atom stereocenters. The second kappa shape index (κ2) is 12.2. The molecular formula is C19H29F3IN3O2. The molecule has 0 amide bonds. The molecule has 0 aromatic heterocycles. The molecule has 9 heteroatoms. The number of rotatable bonds is 8. The topological polar surface area (TPSA) is 54.9 Å². The number of nitrogens with one attached hydrogen (secondary N) is 2. The highest BCUT2D eigenvalue weighted by Crippen LogP contribution is 2.32. The number of aliphatic imine (C=N–C) groups is 1. The van der Waals surface area contributed by atoms with Crippen LogP contribution in [0.2, 0.25) is 0 Å². The van der Waals surface area contributed by atoms with Crippen molar-refractivity contribution in [2.24, 2.45) is 4.99 Å². The van der Waals surface area contributed by atoms with Crippen LogP contribution in [0, 0.1) is 0 Å². The Morgan fingerprint density at radius 3 is 2.50 bits per heavy atom. The van der Waals surface area contributed by atoms with Crippen LogP contribution in [0.25, 0.3) is 0 Å². The van der Waals surface area contributed by atoms with E-state index in [0.717, 1.165) is 18.4 Å². The van der Waals surface area contributed by atoms with Crippen molar-refractivity contribution in [3.63, 3.8) is 0 Å². The number of halogens is 4. The van der Waals surface area contributed by atoms with Gasteiger partial charge < -0.3 is 20.1 Å². The molecule has 1 aromatic rings. The quantitative estimate of drug-likeness (QED) is 0.301. The molecule has 0 radical (unpaired) electrons. The Labute approximate surface area is 181 Å². The van der Waals surface area contributed by atoms with Crippen molar-refractivity contribution in [3.8, 4) is 11.5 Å². The number of alkyl halides is 3. The van der Waals surface area contributed by atoms with E-state index in [1.807, 2.05) is 25.1 Å². The first-order valence-electron chi connectivity index (χ1n) is 9.33. The molecule has 0 bridgehead atoms. The van der Waals surface area contributed by atoms with Crippen LogP contribution < -0.4 is 20.1 Å². The first-order chi connectivity index (χ1) is 12.9. The molecule has 2 rings (SSSR count). The number of benzene rings is 1. The minimum absolute atomic E-state index is 0. The monoisotopic (exact) mass is 515 g/mol. The summed E-state index contributed by atoms with van der Waals surface area (Å²) in [6.45, 7) is 2.53. The lowest BCUT2D eigenvalue weighted by molar-refractivity contribution is -0.132. The number of methoxy groups -OCH3 is 1. The number of hydrogen-bond donors (Lipinski definition) is 2. The third-order valence-corrected chi connectivity index (χ3v) is 4.29. The third kappa shape index (κ3) is 8.74. The van der Waals surface area contributed by atoms with E-state index < -0.39 is 12.6 Å². The van der Waals surface area contributed by atoms with E-state index in [0.29, 0.717) is 30.5 Å². The Kier molecular flexibility index (Phi) is 10.8. The predicted molar refractivity (Wildman–Crippen MR) is 115 cm³/mol. The SMILES string of the molecule is CCNC(=NCc1ccc(OC2CCCC2)c(OC)c1)NCCC(F)(F)F.I. The summed E-state index contributed by atoms with van der Waals surface area (Å²) in [5.41, 5.74) is 0.888. The standard InChI is InChI=1S/C19H28F3N3O2.HI/c1-3-23-18(24-11-10-19(20,21)22)25-13-14-8-9-16(17(12-14)26-2)27-15-6-4-5-7-15;/h8-9,12,15H,3-7,10-11,13H2,1-2H3,(H2,23,24,25);1H. The van der Waals surface area contributed by atoms with Crippen LogP contribution in [0.4, 0.5) is 13.2 Å². The number of guanidine groups is 1. The van der Waals surface area contributed by atoms with Crippen molar-refractivity contribution in [2.75, 3.05) is 20.2 Å². The number of hydrogen-bond acceptors (Lipinski definition) is 3. The molecule has 0 spiro atoms. The second-order valence-corrected chi connectivity index (χ2v) is 6.50. The normalized spacial score (nSPS) is 15.1. The fourth-order valence-corrected chi connectivity index (χ4v) is 2.93. The van der Waals surface area contributed by atoms with Gasteiger partial charge in [0, 0.05) is 13.1 Å². The summed E-state index contributed by atoms with van der Waals surface area (Å²) >= 11 is 0. The number of ether oxygens (including phenoxy) is 2. The average molecular weight is 515 g/mol. The maximum absolute atomic E-state index is 12.3. The summed E-state index contributed by atoms with van der Waals surface area (Å²) < 4.78 is 48.3. The lowest BCUT2D eigenvalue weighted by Crippen LogP contribution is -2.38. The van der Waals surface area contributed by atoms with Gasteiger partial charge in [0.05, 0.1) is 26.2 Å². The van der Waals surface area contributed by atoms with Gasteiger partial charge in [0.15, 0.2) is 17.5 Å². The number of nitrogens with zero attached hydrogens (tertiary/aromatic N) is 1. The zero-order valence-corrected chi connectivity index (χ0v) is 18.6. The van der Waals surface area contributed by atoms with Crippen LogP contribution in [0.3, 0.4) is 0 Å². The van der Waals surface area contributed by atoms with E-state index in [1.54, 1.807) is 7.11 Å². The zero-order valence-electron chi connectivity index (χ0n) is 16.3. The highest BCUT2D eigenvalue weighted by Gasteiger charge is 2.26. The van der Waals surface area contributed by atoms with Crippen molar-refractivity contribution < 1.29 is 22.6 Å². The van der Waals surface area contributed by atoms with Gasteiger partial charge in [0.2, 0.25) is 0 Å². The molecule has 0 aliphatic heterocycles. The largest absolute Gasteiger partial charge is 0.493 e. The van der Waals surface area contributed by atoms with Gasteiger partial charge in [-0.15, -0.1) is 24.0 Å². The summed E-state index contributed by atoms with van der Waals surface area (Å²) in [4.78, 5) is 4.34. The highest BCUT2D eigenvalue weighted by molar-refractivity contribution is 14.0. The smallest absolute Gasteiger partial charge is 0.390 e. The van der Waals surface area contributed by atoms with Crippen LogP contribution in [0.15, 0.2) is 23.2 Å². The van der Waals surface area contributed by atoms with Gasteiger partial charge in [-0.2, -0.15) is 13.2 Å². The molecule has 0 saturated heterocycles. The molecular weight excluding hydrogens is 486 g/mol. The van der Waals surface area contributed by atoms with Gasteiger partial charge in [-0.05, 0) is 50.3 Å². The Morgan fingerprint density at radius 2 is 1.89 bits per heavy atom. The Morgan fingerprint density at radius 1 is 1.18 bits per heavy atom. The Hall–Kier alpha value is -1.39. The first-order valence-corrected chi connectivity index (χ1v) is 9.33. The van der Waals surface area contributed by atoms with Crippen LogP contribution in [-0.2, 0) is 6.54 Å². The van der Waals surface area contributed by atoms with Gasteiger partial charge in [0.1, 0.15) is 0 Å². The van der Waals surface area contributed by atoms with E-state index >= 15 is 0 Å². The van der Waals surface area contributed by atoms with Gasteiger partial charge >= 0.3 is 6.18 Å².